The van der Waals surface area contributed by atoms with E-state index in [1.165, 1.54) is 23.4 Å². The van der Waals surface area contributed by atoms with Gasteiger partial charge in [0.25, 0.3) is 5.56 Å². The van der Waals surface area contributed by atoms with Crippen LogP contribution >= 0.6 is 22.6 Å². The lowest BCUT2D eigenvalue weighted by atomic mass is 10.4. The minimum absolute atomic E-state index is 0.256. The Balaban J connectivity index is 2.38. The minimum Gasteiger partial charge on any atom is -0.462 e. The summed E-state index contributed by atoms with van der Waals surface area (Å²) in [6.45, 7) is 2.02. The van der Waals surface area contributed by atoms with E-state index in [2.05, 4.69) is 15.1 Å². The maximum atomic E-state index is 11.5. The Bertz CT molecular complexity index is 634. The van der Waals surface area contributed by atoms with E-state index in [0.29, 0.717) is 21.6 Å². The third-order valence-electron chi connectivity index (χ3n) is 2.09. The molecule has 0 saturated heterocycles. The van der Waals surface area contributed by atoms with Crippen LogP contribution in [0.25, 0.3) is 5.82 Å². The second-order valence-electron chi connectivity index (χ2n) is 3.26. The molecule has 0 aromatic carbocycles. The molecule has 2 rings (SSSR count). The number of nitrogens with zero attached hydrogens (tertiary/aromatic N) is 3. The first-order chi connectivity index (χ1) is 8.63. The number of rotatable bonds is 3. The SMILES string of the molecule is CCOC(=O)c1cnn(-c2nc[nH]c(=O)c2I)c1. The van der Waals surface area contributed by atoms with Crippen molar-refractivity contribution in [2.45, 2.75) is 6.92 Å². The van der Waals surface area contributed by atoms with E-state index >= 15 is 0 Å². The third kappa shape index (κ3) is 2.42. The van der Waals surface area contributed by atoms with Crippen molar-refractivity contribution in [2.24, 2.45) is 0 Å². The number of hydrogen-bond donors (Lipinski definition) is 1. The van der Waals surface area contributed by atoms with Crippen LogP contribution in [0.2, 0.25) is 0 Å². The van der Waals surface area contributed by atoms with Crippen molar-refractivity contribution >= 4 is 28.6 Å². The number of esters is 1. The number of ether oxygens (including phenoxy) is 1. The highest BCUT2D eigenvalue weighted by molar-refractivity contribution is 14.1. The van der Waals surface area contributed by atoms with Gasteiger partial charge in [0.05, 0.1) is 24.7 Å². The van der Waals surface area contributed by atoms with Gasteiger partial charge >= 0.3 is 5.97 Å². The van der Waals surface area contributed by atoms with Gasteiger partial charge in [0.1, 0.15) is 3.57 Å². The van der Waals surface area contributed by atoms with E-state index in [4.69, 9.17) is 4.74 Å². The molecule has 0 spiro atoms. The zero-order valence-electron chi connectivity index (χ0n) is 9.38. The monoisotopic (exact) mass is 360 g/mol. The molecule has 18 heavy (non-hydrogen) atoms. The van der Waals surface area contributed by atoms with Gasteiger partial charge in [0, 0.05) is 6.20 Å². The van der Waals surface area contributed by atoms with E-state index in [9.17, 15) is 9.59 Å². The first-order valence-corrected chi connectivity index (χ1v) is 6.16. The molecule has 0 radical (unpaired) electrons. The van der Waals surface area contributed by atoms with Gasteiger partial charge in [-0.25, -0.2) is 14.5 Å². The number of hydrogen-bond acceptors (Lipinski definition) is 5. The van der Waals surface area contributed by atoms with E-state index in [1.54, 1.807) is 6.92 Å². The van der Waals surface area contributed by atoms with Crippen molar-refractivity contribution in [3.05, 3.63) is 38.2 Å². The molecule has 0 unspecified atom stereocenters. The maximum Gasteiger partial charge on any atom is 0.341 e. The van der Waals surface area contributed by atoms with Crippen LogP contribution in [0, 0.1) is 3.57 Å². The van der Waals surface area contributed by atoms with E-state index in [0.717, 1.165) is 0 Å². The summed E-state index contributed by atoms with van der Waals surface area (Å²) in [5.74, 6) is -0.0847. The van der Waals surface area contributed by atoms with Crippen LogP contribution in [0.5, 0.6) is 0 Å². The lowest BCUT2D eigenvalue weighted by Gasteiger charge is -2.01. The van der Waals surface area contributed by atoms with Crippen LogP contribution < -0.4 is 5.56 Å². The lowest BCUT2D eigenvalue weighted by Crippen LogP contribution is -2.15. The molecule has 0 saturated carbocycles. The summed E-state index contributed by atoms with van der Waals surface area (Å²) in [5.41, 5.74) is 0.0588. The van der Waals surface area contributed by atoms with Gasteiger partial charge in [-0.05, 0) is 29.5 Å². The van der Waals surface area contributed by atoms with Crippen LogP contribution in [0.1, 0.15) is 17.3 Å². The van der Waals surface area contributed by atoms with Crippen molar-refractivity contribution in [1.29, 1.82) is 0 Å². The fourth-order valence-electron chi connectivity index (χ4n) is 1.29. The first kappa shape index (κ1) is 12.7. The second-order valence-corrected chi connectivity index (χ2v) is 4.34. The van der Waals surface area contributed by atoms with Gasteiger partial charge in [-0.3, -0.25) is 4.79 Å². The van der Waals surface area contributed by atoms with Gasteiger partial charge in [0.15, 0.2) is 5.82 Å². The summed E-state index contributed by atoms with van der Waals surface area (Å²) in [6.07, 6.45) is 4.13. The van der Waals surface area contributed by atoms with Gasteiger partial charge in [-0.2, -0.15) is 5.10 Å². The fourth-order valence-corrected chi connectivity index (χ4v) is 1.83. The van der Waals surface area contributed by atoms with Crippen LogP contribution in [-0.2, 0) is 4.74 Å². The molecule has 7 nitrogen and oxygen atoms in total. The number of H-pyrrole nitrogens is 1. The quantitative estimate of drug-likeness (QED) is 0.644. The molecule has 0 bridgehead atoms. The summed E-state index contributed by atoms with van der Waals surface area (Å²) in [6, 6.07) is 0. The number of carbonyl (C=O) groups excluding carboxylic acids is 1. The smallest absolute Gasteiger partial charge is 0.341 e. The molecule has 0 fully saturated rings. The Morgan fingerprint density at radius 3 is 3.11 bits per heavy atom. The molecule has 2 aromatic heterocycles. The van der Waals surface area contributed by atoms with Gasteiger partial charge in [0.2, 0.25) is 0 Å². The molecule has 0 aliphatic carbocycles. The molecular weight excluding hydrogens is 351 g/mol. The summed E-state index contributed by atoms with van der Waals surface area (Å²) in [7, 11) is 0. The molecule has 1 N–H and O–H groups in total. The van der Waals surface area contributed by atoms with Crippen molar-refractivity contribution in [3.63, 3.8) is 0 Å². The molecule has 2 aromatic rings. The summed E-state index contributed by atoms with van der Waals surface area (Å²) < 4.78 is 6.61. The lowest BCUT2D eigenvalue weighted by molar-refractivity contribution is 0.0526. The molecule has 0 atom stereocenters. The first-order valence-electron chi connectivity index (χ1n) is 5.08. The number of aromatic amines is 1. The van der Waals surface area contributed by atoms with Gasteiger partial charge in [-0.15, -0.1) is 0 Å². The van der Waals surface area contributed by atoms with Crippen LogP contribution in [-0.4, -0.2) is 32.3 Å². The Hall–Kier alpha value is -1.71. The Morgan fingerprint density at radius 1 is 1.61 bits per heavy atom. The van der Waals surface area contributed by atoms with Gasteiger partial charge < -0.3 is 9.72 Å². The summed E-state index contributed by atoms with van der Waals surface area (Å²) in [5, 5.41) is 3.99. The highest BCUT2D eigenvalue weighted by atomic mass is 127. The highest BCUT2D eigenvalue weighted by Crippen LogP contribution is 2.10. The third-order valence-corrected chi connectivity index (χ3v) is 3.06. The molecule has 0 aliphatic heterocycles. The number of aromatic nitrogens is 4. The zero-order chi connectivity index (χ0) is 13.1. The normalized spacial score (nSPS) is 10.3. The predicted molar refractivity (Wildman–Crippen MR) is 70.7 cm³/mol. The molecule has 2 heterocycles. The molecule has 0 aliphatic rings. The van der Waals surface area contributed by atoms with E-state index in [-0.39, 0.29) is 5.56 Å². The number of nitrogens with one attached hydrogen (secondary N) is 1. The molecule has 94 valence electrons. The van der Waals surface area contributed by atoms with Crippen molar-refractivity contribution in [2.75, 3.05) is 6.61 Å². The average Bonchev–Trinajstić information content (AvgIpc) is 2.82. The number of carbonyl (C=O) groups is 1. The van der Waals surface area contributed by atoms with Crippen molar-refractivity contribution in [3.8, 4) is 5.82 Å². The fraction of sp³-hybridized carbons (Fsp3) is 0.200. The highest BCUT2D eigenvalue weighted by Gasteiger charge is 2.13. The zero-order valence-corrected chi connectivity index (χ0v) is 11.5. The van der Waals surface area contributed by atoms with Crippen LogP contribution in [0.15, 0.2) is 23.5 Å². The average molecular weight is 360 g/mol. The largest absolute Gasteiger partial charge is 0.462 e. The van der Waals surface area contributed by atoms with E-state index in [1.807, 2.05) is 22.6 Å². The standard InChI is InChI=1S/C10H9IN4O3/c1-2-18-10(17)6-3-14-15(4-6)8-7(11)9(16)13-5-12-8/h3-5H,2H2,1H3,(H,12,13,16). The van der Waals surface area contributed by atoms with Crippen molar-refractivity contribution in [1.82, 2.24) is 19.7 Å². The predicted octanol–water partition coefficient (Wildman–Crippen LogP) is 0.737. The Labute approximate surface area is 115 Å². The van der Waals surface area contributed by atoms with Crippen molar-refractivity contribution < 1.29 is 9.53 Å². The maximum absolute atomic E-state index is 11.5. The minimum atomic E-state index is -0.455. The Morgan fingerprint density at radius 2 is 2.39 bits per heavy atom. The van der Waals surface area contributed by atoms with Crippen LogP contribution in [0.4, 0.5) is 0 Å². The second kappa shape index (κ2) is 5.29. The summed E-state index contributed by atoms with van der Waals surface area (Å²) in [4.78, 5) is 29.4. The van der Waals surface area contributed by atoms with Gasteiger partial charge in [-0.1, -0.05) is 0 Å². The topological polar surface area (TPSA) is 89.9 Å². The molecule has 8 heteroatoms. The molecule has 0 amide bonds. The Kier molecular flexibility index (Phi) is 3.75. The number of halogens is 1. The van der Waals surface area contributed by atoms with E-state index < -0.39 is 5.97 Å². The molecular formula is C10H9IN4O3. The summed E-state index contributed by atoms with van der Waals surface area (Å²) >= 11 is 1.87. The van der Waals surface area contributed by atoms with Crippen LogP contribution in [0.3, 0.4) is 0 Å².